The zero-order valence-electron chi connectivity index (χ0n) is 12.7. The first-order chi connectivity index (χ1) is 11.6. The maximum atomic E-state index is 12.5. The van der Waals surface area contributed by atoms with Crippen molar-refractivity contribution in [2.45, 2.75) is 18.9 Å². The van der Waals surface area contributed by atoms with E-state index in [4.69, 9.17) is 0 Å². The predicted octanol–water partition coefficient (Wildman–Crippen LogP) is 2.90. The quantitative estimate of drug-likeness (QED) is 0.681. The number of carbonyl (C=O) groups is 2. The summed E-state index contributed by atoms with van der Waals surface area (Å²) in [6, 6.07) is 8.74. The highest BCUT2D eigenvalue weighted by Gasteiger charge is 2.35. The minimum Gasteiger partial charge on any atom is -0.326 e. The summed E-state index contributed by atoms with van der Waals surface area (Å²) in [6.07, 6.45) is 1.34. The number of carbonyl (C=O) groups excluding carboxylic acids is 2. The highest BCUT2D eigenvalue weighted by atomic mass is 32.1. The van der Waals surface area contributed by atoms with Gasteiger partial charge >= 0.3 is 0 Å². The van der Waals surface area contributed by atoms with Crippen LogP contribution < -0.4 is 5.32 Å². The van der Waals surface area contributed by atoms with Gasteiger partial charge in [0.1, 0.15) is 6.04 Å². The summed E-state index contributed by atoms with van der Waals surface area (Å²) in [5, 5.41) is 15.3. The van der Waals surface area contributed by atoms with E-state index in [1.807, 2.05) is 5.38 Å². The normalized spacial score (nSPS) is 16.8. The second kappa shape index (κ2) is 6.79. The molecule has 1 unspecified atom stereocenters. The first kappa shape index (κ1) is 16.1. The van der Waals surface area contributed by atoms with Crippen molar-refractivity contribution in [1.29, 1.82) is 0 Å². The molecule has 1 atom stereocenters. The van der Waals surface area contributed by atoms with Crippen LogP contribution in [0.15, 0.2) is 41.8 Å². The summed E-state index contributed by atoms with van der Waals surface area (Å²) in [5.74, 6) is -0.473. The minimum atomic E-state index is -0.557. The molecule has 1 aromatic heterocycles. The van der Waals surface area contributed by atoms with Gasteiger partial charge in [-0.3, -0.25) is 19.7 Å². The molecule has 2 aromatic rings. The molecule has 0 saturated carbocycles. The lowest BCUT2D eigenvalue weighted by Gasteiger charge is -2.23. The molecule has 24 heavy (non-hydrogen) atoms. The van der Waals surface area contributed by atoms with Crippen molar-refractivity contribution in [1.82, 2.24) is 4.90 Å². The lowest BCUT2D eigenvalue weighted by Crippen LogP contribution is -2.42. The topological polar surface area (TPSA) is 92.5 Å². The number of nitrogens with zero attached hydrogens (tertiary/aromatic N) is 2. The van der Waals surface area contributed by atoms with Crippen LogP contribution in [0.25, 0.3) is 0 Å². The Morgan fingerprint density at radius 1 is 1.29 bits per heavy atom. The van der Waals surface area contributed by atoms with E-state index < -0.39 is 11.0 Å². The van der Waals surface area contributed by atoms with Crippen LogP contribution in [-0.4, -0.2) is 34.2 Å². The van der Waals surface area contributed by atoms with Crippen LogP contribution in [0.3, 0.4) is 0 Å². The van der Waals surface area contributed by atoms with Crippen molar-refractivity contribution in [3.05, 3.63) is 56.8 Å². The van der Waals surface area contributed by atoms with E-state index in [0.717, 1.165) is 6.42 Å². The third-order valence-corrected chi connectivity index (χ3v) is 4.73. The summed E-state index contributed by atoms with van der Waals surface area (Å²) in [6.45, 7) is 0.532. The Bertz CT molecular complexity index is 775. The van der Waals surface area contributed by atoms with E-state index in [1.54, 1.807) is 23.1 Å². The van der Waals surface area contributed by atoms with E-state index in [-0.39, 0.29) is 17.5 Å². The molecule has 1 aliphatic rings. The van der Waals surface area contributed by atoms with Crippen LogP contribution in [0.1, 0.15) is 22.5 Å². The molecule has 1 aromatic carbocycles. The third kappa shape index (κ3) is 3.28. The monoisotopic (exact) mass is 345 g/mol. The summed E-state index contributed by atoms with van der Waals surface area (Å²) < 4.78 is 0. The van der Waals surface area contributed by atoms with Gasteiger partial charge < -0.3 is 10.2 Å². The molecule has 8 heteroatoms. The molecule has 1 N–H and O–H groups in total. The van der Waals surface area contributed by atoms with E-state index in [1.165, 1.54) is 29.5 Å². The lowest BCUT2D eigenvalue weighted by atomic mass is 10.2. The highest BCUT2D eigenvalue weighted by Crippen LogP contribution is 2.24. The first-order valence-corrected chi connectivity index (χ1v) is 8.34. The maximum absolute atomic E-state index is 12.5. The number of thiophene rings is 1. The van der Waals surface area contributed by atoms with Gasteiger partial charge in [-0.15, -0.1) is 11.3 Å². The van der Waals surface area contributed by atoms with Gasteiger partial charge in [0.15, 0.2) is 0 Å². The highest BCUT2D eigenvalue weighted by molar-refractivity contribution is 7.12. The number of hydrogen-bond donors (Lipinski definition) is 1. The van der Waals surface area contributed by atoms with Crippen LogP contribution in [0, 0.1) is 10.1 Å². The fourth-order valence-electron chi connectivity index (χ4n) is 2.75. The number of hydrogen-bond acceptors (Lipinski definition) is 5. The molecule has 3 rings (SSSR count). The molecule has 1 fully saturated rings. The van der Waals surface area contributed by atoms with Crippen molar-refractivity contribution < 1.29 is 14.5 Å². The maximum Gasteiger partial charge on any atom is 0.271 e. The van der Waals surface area contributed by atoms with Gasteiger partial charge in [0.05, 0.1) is 9.80 Å². The zero-order chi connectivity index (χ0) is 17.1. The standard InChI is InChI=1S/C16H15N3O4S/c20-15(17-11-4-1-5-12(10-11)19(22)23)13-6-2-8-18(13)16(21)14-7-3-9-24-14/h1,3-5,7,9-10,13H,2,6,8H2,(H,17,20). The Morgan fingerprint density at radius 2 is 2.12 bits per heavy atom. The number of rotatable bonds is 4. The van der Waals surface area contributed by atoms with Crippen LogP contribution >= 0.6 is 11.3 Å². The first-order valence-electron chi connectivity index (χ1n) is 7.46. The minimum absolute atomic E-state index is 0.0919. The van der Waals surface area contributed by atoms with Gasteiger partial charge in [0.2, 0.25) is 5.91 Å². The average Bonchev–Trinajstić information content (AvgIpc) is 3.26. The Hall–Kier alpha value is -2.74. The Kier molecular flexibility index (Phi) is 4.57. The van der Waals surface area contributed by atoms with Crippen molar-refractivity contribution in [2.24, 2.45) is 0 Å². The Labute approximate surface area is 142 Å². The van der Waals surface area contributed by atoms with Crippen LogP contribution in [0.2, 0.25) is 0 Å². The summed E-state index contributed by atoms with van der Waals surface area (Å²) >= 11 is 1.34. The van der Waals surface area contributed by atoms with E-state index in [9.17, 15) is 19.7 Å². The number of nitro benzene ring substituents is 1. The van der Waals surface area contributed by atoms with Gasteiger partial charge in [-0.2, -0.15) is 0 Å². The zero-order valence-corrected chi connectivity index (χ0v) is 13.5. The van der Waals surface area contributed by atoms with Crippen molar-refractivity contribution in [3.8, 4) is 0 Å². The average molecular weight is 345 g/mol. The Morgan fingerprint density at radius 3 is 2.83 bits per heavy atom. The molecule has 2 amide bonds. The summed E-state index contributed by atoms with van der Waals surface area (Å²) in [5.41, 5.74) is 0.260. The lowest BCUT2D eigenvalue weighted by molar-refractivity contribution is -0.384. The molecule has 1 aliphatic heterocycles. The molecule has 7 nitrogen and oxygen atoms in total. The smallest absolute Gasteiger partial charge is 0.271 e. The van der Waals surface area contributed by atoms with Gasteiger partial charge in [0.25, 0.3) is 11.6 Å². The van der Waals surface area contributed by atoms with E-state index >= 15 is 0 Å². The van der Waals surface area contributed by atoms with Crippen LogP contribution in [0.5, 0.6) is 0 Å². The fourth-order valence-corrected chi connectivity index (χ4v) is 3.43. The molecule has 2 heterocycles. The third-order valence-electron chi connectivity index (χ3n) is 3.87. The van der Waals surface area contributed by atoms with Gasteiger partial charge in [0, 0.05) is 24.4 Å². The van der Waals surface area contributed by atoms with E-state index in [2.05, 4.69) is 5.32 Å². The number of nitrogens with one attached hydrogen (secondary N) is 1. The van der Waals surface area contributed by atoms with Crippen LogP contribution in [-0.2, 0) is 4.79 Å². The fraction of sp³-hybridized carbons (Fsp3) is 0.250. The number of anilines is 1. The summed E-state index contributed by atoms with van der Waals surface area (Å²) in [7, 11) is 0. The van der Waals surface area contributed by atoms with E-state index in [0.29, 0.717) is 23.5 Å². The molecular weight excluding hydrogens is 330 g/mol. The second-order valence-electron chi connectivity index (χ2n) is 5.43. The SMILES string of the molecule is O=C(Nc1cccc([N+](=O)[O-])c1)C1CCCN1C(=O)c1cccs1. The molecular formula is C16H15N3O4S. The van der Waals surface area contributed by atoms with Crippen LogP contribution in [0.4, 0.5) is 11.4 Å². The van der Waals surface area contributed by atoms with Crippen molar-refractivity contribution >= 4 is 34.5 Å². The second-order valence-corrected chi connectivity index (χ2v) is 6.38. The van der Waals surface area contributed by atoms with Gasteiger partial charge in [-0.1, -0.05) is 12.1 Å². The number of nitro groups is 1. The van der Waals surface area contributed by atoms with Crippen molar-refractivity contribution in [3.63, 3.8) is 0 Å². The Balaban J connectivity index is 1.73. The molecule has 0 radical (unpaired) electrons. The largest absolute Gasteiger partial charge is 0.326 e. The number of likely N-dealkylation sites (tertiary alicyclic amines) is 1. The summed E-state index contributed by atoms with van der Waals surface area (Å²) in [4.78, 5) is 37.5. The van der Waals surface area contributed by atoms with Gasteiger partial charge in [-0.05, 0) is 30.4 Å². The molecule has 0 aliphatic carbocycles. The molecule has 124 valence electrons. The van der Waals surface area contributed by atoms with Gasteiger partial charge in [-0.25, -0.2) is 0 Å². The number of benzene rings is 1. The number of non-ortho nitro benzene ring substituents is 1. The molecule has 1 saturated heterocycles. The predicted molar refractivity (Wildman–Crippen MR) is 90.1 cm³/mol. The van der Waals surface area contributed by atoms with Crippen molar-refractivity contribution in [2.75, 3.05) is 11.9 Å². The molecule has 0 bridgehead atoms. The molecule has 0 spiro atoms. The number of amides is 2.